The second kappa shape index (κ2) is 9.99. The van der Waals surface area contributed by atoms with Crippen LogP contribution in [0, 0.1) is 0 Å². The number of rotatable bonds is 0. The third-order valence-electron chi connectivity index (χ3n) is 0. The van der Waals surface area contributed by atoms with E-state index in [1.165, 1.54) is 0 Å². The van der Waals surface area contributed by atoms with Crippen molar-refractivity contribution in [2.75, 3.05) is 0 Å². The van der Waals surface area contributed by atoms with Gasteiger partial charge >= 0.3 is 50.9 Å². The summed E-state index contributed by atoms with van der Waals surface area (Å²) in [5, 5.41) is 8.06. The van der Waals surface area contributed by atoms with Gasteiger partial charge in [0, 0.05) is 6.10 Å². The van der Waals surface area contributed by atoms with Gasteiger partial charge in [0.1, 0.15) is 0 Å². The van der Waals surface area contributed by atoms with Crippen LogP contribution >= 0.6 is 3.76 Å². The van der Waals surface area contributed by atoms with Crippen LogP contribution in [0.3, 0.4) is 0 Å². The fraction of sp³-hybridized carbons (Fsp3) is 1.00. The Kier molecular flexibility index (Phi) is 18.0. The Labute approximate surface area is 74.5 Å². The zero-order valence-corrected chi connectivity index (χ0v) is 8.28. The summed E-state index contributed by atoms with van der Waals surface area (Å²) in [5.41, 5.74) is 0. The summed E-state index contributed by atoms with van der Waals surface area (Å²) in [5.74, 6) is 0. The van der Waals surface area contributed by atoms with E-state index in [4.69, 9.17) is 8.87 Å². The van der Waals surface area contributed by atoms with Crippen LogP contribution in [0.15, 0.2) is 0 Å². The third kappa shape index (κ3) is 39.5. The molecule has 0 fully saturated rings. The number of hydrogen-bond acceptors (Lipinski definition) is 1. The quantitative estimate of drug-likeness (QED) is 0.484. The van der Waals surface area contributed by atoms with Gasteiger partial charge in [-0.05, 0) is 13.8 Å². The van der Waals surface area contributed by atoms with E-state index < -0.39 is 0 Å². The van der Waals surface area contributed by atoms with Gasteiger partial charge in [-0.15, -0.1) is 0 Å². The summed E-state index contributed by atoms with van der Waals surface area (Å²) >= 11 is 0.535. The van der Waals surface area contributed by atoms with Gasteiger partial charge < -0.3 is 5.11 Å². The molecule has 0 rings (SSSR count). The number of aliphatic hydroxyl groups excluding tert-OH is 1. The van der Waals surface area contributed by atoms with E-state index in [1.807, 2.05) is 0 Å². The molecule has 0 saturated heterocycles. The first-order valence-corrected chi connectivity index (χ1v) is 6.09. The molecule has 1 N–H and O–H groups in total. The summed E-state index contributed by atoms with van der Waals surface area (Å²) in [4.78, 5) is 0. The van der Waals surface area contributed by atoms with E-state index in [2.05, 4.69) is 0 Å². The first-order chi connectivity index (χ1) is 2.73. The van der Waals surface area contributed by atoms with Gasteiger partial charge in [-0.2, -0.15) is 0 Å². The minimum absolute atomic E-state index is 0.167. The van der Waals surface area contributed by atoms with Crippen LogP contribution in [-0.2, 0) is 0 Å². The van der Waals surface area contributed by atoms with E-state index in [-0.39, 0.29) is 6.10 Å². The average Bonchev–Trinajstić information content (AvgIpc) is 1.41. The molecular weight excluding hydrogens is 127 g/mol. The Morgan fingerprint density at radius 2 is 1.50 bits per heavy atom. The SMILES string of the molecule is CC(C)O.[Cl][K]. The molecule has 0 aromatic carbocycles. The van der Waals surface area contributed by atoms with Gasteiger partial charge in [0.05, 0.1) is 0 Å². The van der Waals surface area contributed by atoms with E-state index in [0.29, 0.717) is 47.1 Å². The van der Waals surface area contributed by atoms with E-state index in [9.17, 15) is 0 Å². The van der Waals surface area contributed by atoms with Crippen LogP contribution < -0.4 is 0 Å². The van der Waals surface area contributed by atoms with Crippen molar-refractivity contribution in [3.05, 3.63) is 0 Å². The molecular formula is C3H8ClKO. The molecule has 0 spiro atoms. The molecule has 0 aromatic heterocycles. The summed E-state index contributed by atoms with van der Waals surface area (Å²) in [7, 11) is 0. The molecule has 0 radical (unpaired) electrons. The molecule has 0 atom stereocenters. The van der Waals surface area contributed by atoms with Gasteiger partial charge in [-0.1, -0.05) is 0 Å². The van der Waals surface area contributed by atoms with Crippen LogP contribution in [0.1, 0.15) is 13.8 Å². The Balaban J connectivity index is 0. The number of hydrogen-bond donors (Lipinski definition) is 1. The maximum absolute atomic E-state index is 8.06. The van der Waals surface area contributed by atoms with Crippen LogP contribution in [-0.4, -0.2) is 58.4 Å². The number of halogens is 1. The van der Waals surface area contributed by atoms with Crippen molar-refractivity contribution >= 4 is 50.9 Å². The maximum atomic E-state index is 8.06. The van der Waals surface area contributed by atoms with Crippen LogP contribution in [0.2, 0.25) is 0 Å². The van der Waals surface area contributed by atoms with Gasteiger partial charge in [-0.3, -0.25) is 0 Å². The molecule has 0 aliphatic carbocycles. The summed E-state index contributed by atoms with van der Waals surface area (Å²) in [6.07, 6.45) is -0.167. The van der Waals surface area contributed by atoms with Gasteiger partial charge in [0.2, 0.25) is 0 Å². The van der Waals surface area contributed by atoms with Crippen molar-refractivity contribution < 1.29 is 5.11 Å². The molecule has 0 aliphatic heterocycles. The topological polar surface area (TPSA) is 20.2 Å². The molecule has 0 heterocycles. The van der Waals surface area contributed by atoms with Crippen molar-refractivity contribution in [3.63, 3.8) is 0 Å². The predicted octanol–water partition coefficient (Wildman–Crippen LogP) is 0.696. The van der Waals surface area contributed by atoms with E-state index >= 15 is 0 Å². The van der Waals surface area contributed by atoms with Crippen molar-refractivity contribution in [1.82, 2.24) is 0 Å². The molecule has 0 saturated carbocycles. The van der Waals surface area contributed by atoms with Crippen molar-refractivity contribution in [3.8, 4) is 0 Å². The van der Waals surface area contributed by atoms with Crippen molar-refractivity contribution in [1.29, 1.82) is 0 Å². The standard InChI is InChI=1S/C3H8O.ClH.K/c1-3(2)4;;/h3-4H,1-2H3;1H;/q;;+1/p-1. The summed E-state index contributed by atoms with van der Waals surface area (Å²) < 4.78 is 4.83. The Morgan fingerprint density at radius 3 is 1.50 bits per heavy atom. The summed E-state index contributed by atoms with van der Waals surface area (Å²) in [6, 6.07) is 0. The monoisotopic (exact) mass is 134 g/mol. The van der Waals surface area contributed by atoms with Crippen molar-refractivity contribution in [2.24, 2.45) is 0 Å². The van der Waals surface area contributed by atoms with Crippen molar-refractivity contribution in [2.45, 2.75) is 20.0 Å². The minimum atomic E-state index is -0.167. The molecule has 0 unspecified atom stereocenters. The van der Waals surface area contributed by atoms with Gasteiger partial charge in [-0.25, -0.2) is 0 Å². The van der Waals surface area contributed by atoms with Crippen LogP contribution in [0.4, 0.5) is 0 Å². The average molecular weight is 135 g/mol. The first-order valence-electron chi connectivity index (χ1n) is 1.79. The zero-order valence-electron chi connectivity index (χ0n) is 4.40. The molecule has 3 heteroatoms. The molecule has 0 bridgehead atoms. The first kappa shape index (κ1) is 10.8. The summed E-state index contributed by atoms with van der Waals surface area (Å²) in [6.45, 7) is 3.44. The Morgan fingerprint density at radius 1 is 1.50 bits per heavy atom. The Bertz CT molecular complexity index is 15.5. The predicted molar refractivity (Wildman–Crippen MR) is 29.0 cm³/mol. The van der Waals surface area contributed by atoms with Crippen LogP contribution in [0.5, 0.6) is 0 Å². The molecule has 1 nitrogen and oxygen atoms in total. The van der Waals surface area contributed by atoms with Crippen LogP contribution in [0.25, 0.3) is 0 Å². The second-order valence-corrected chi connectivity index (χ2v) is 1.09. The van der Waals surface area contributed by atoms with Gasteiger partial charge in [0.25, 0.3) is 0 Å². The second-order valence-electron chi connectivity index (χ2n) is 1.09. The Hall–Kier alpha value is 1.89. The normalized spacial score (nSPS) is 7.17. The number of aliphatic hydroxyl groups is 1. The molecule has 0 amide bonds. The van der Waals surface area contributed by atoms with E-state index in [0.717, 1.165) is 0 Å². The fourth-order valence-electron chi connectivity index (χ4n) is 0. The molecule has 34 valence electrons. The zero-order chi connectivity index (χ0) is 5.58. The molecule has 0 aliphatic rings. The van der Waals surface area contributed by atoms with Gasteiger partial charge in [0.15, 0.2) is 0 Å². The molecule has 6 heavy (non-hydrogen) atoms. The fourth-order valence-corrected chi connectivity index (χ4v) is 0. The third-order valence-corrected chi connectivity index (χ3v) is 0. The van der Waals surface area contributed by atoms with E-state index in [1.54, 1.807) is 13.8 Å². The molecule has 0 aromatic rings.